The van der Waals surface area contributed by atoms with E-state index in [1.165, 1.54) is 43.5 Å². The number of carbonyl (C=O) groups excluding carboxylic acids is 2. The average molecular weight is 813 g/mol. The summed E-state index contributed by atoms with van der Waals surface area (Å²) >= 11 is 0. The van der Waals surface area contributed by atoms with Crippen LogP contribution in [-0.4, -0.2) is 23.9 Å². The van der Waals surface area contributed by atoms with Gasteiger partial charge in [-0.3, -0.25) is 9.59 Å². The number of rotatable bonds is 10. The third-order valence-corrected chi connectivity index (χ3v) is 16.9. The van der Waals surface area contributed by atoms with Crippen LogP contribution in [0.1, 0.15) is 54.8 Å². The number of fused-ring (bicyclic) bond motifs is 1. The Morgan fingerprint density at radius 1 is 0.317 bits per heavy atom. The smallest absolute Gasteiger partial charge is 0.252 e. The zero-order valence-electron chi connectivity index (χ0n) is 32.8. The van der Waals surface area contributed by atoms with E-state index in [2.05, 4.69) is 168 Å². The zero-order valence-corrected chi connectivity index (χ0v) is 34.6. The molecule has 60 heavy (non-hydrogen) atoms. The van der Waals surface area contributed by atoms with Gasteiger partial charge >= 0.3 is 0 Å². The minimum absolute atomic E-state index is 0.145. The lowest BCUT2D eigenvalue weighted by Crippen LogP contribution is -2.62. The van der Waals surface area contributed by atoms with E-state index in [1.807, 2.05) is 60.7 Å². The van der Waals surface area contributed by atoms with Crippen molar-refractivity contribution in [3.8, 4) is 0 Å². The van der Waals surface area contributed by atoms with E-state index in [-0.39, 0.29) is 23.7 Å². The molecule has 1 unspecified atom stereocenters. The first-order valence-corrected chi connectivity index (χ1v) is 23.1. The van der Waals surface area contributed by atoms with Crippen LogP contribution in [0.15, 0.2) is 218 Å². The Bertz CT molecular complexity index is 2480. The van der Waals surface area contributed by atoms with Gasteiger partial charge in [-0.15, -0.1) is 0 Å². The van der Waals surface area contributed by atoms with Gasteiger partial charge < -0.3 is 10.6 Å². The van der Waals surface area contributed by atoms with Crippen LogP contribution in [0, 0.1) is 0 Å². The Balaban J connectivity index is 1.07. The lowest BCUT2D eigenvalue weighted by molar-refractivity contribution is 0.0859. The molecular formula is C54H42N2O2P2. The standard InChI is InChI=1S/C54H42N2O2P2/c57-53(45-33-17-19-35-47(45)59(37-21-5-1-6-22-37)38-23-7-2-8-24-38)55-51-49-41-29-13-15-31-43(41)50(44-32-16-14-30-42(44)49)52(51)56-54(58)46-34-18-20-36-48(46)60(39-25-9-3-10-26-39)40-27-11-4-12-28-40/h1-36,49-52H,(H,55,57)(H,56,58)/t49?,50?,51-,52?/m0/s1. The second kappa shape index (κ2) is 16.7. The molecule has 6 heteroatoms. The maximum absolute atomic E-state index is 15.1. The van der Waals surface area contributed by atoms with E-state index < -0.39 is 27.9 Å². The van der Waals surface area contributed by atoms with Gasteiger partial charge in [0.1, 0.15) is 0 Å². The van der Waals surface area contributed by atoms with Crippen molar-refractivity contribution >= 4 is 59.5 Å². The van der Waals surface area contributed by atoms with Crippen LogP contribution in [0.25, 0.3) is 0 Å². The van der Waals surface area contributed by atoms with Gasteiger partial charge in [-0.2, -0.15) is 0 Å². The normalized spacial score (nSPS) is 17.4. The van der Waals surface area contributed by atoms with Gasteiger partial charge in [0.15, 0.2) is 0 Å². The van der Waals surface area contributed by atoms with E-state index in [0.717, 1.165) is 10.6 Å². The number of nitrogens with one attached hydrogen (secondary N) is 2. The molecule has 0 spiro atoms. The summed E-state index contributed by atoms with van der Waals surface area (Å²) in [5.74, 6) is -0.633. The predicted octanol–water partition coefficient (Wildman–Crippen LogP) is 8.39. The third kappa shape index (κ3) is 6.97. The van der Waals surface area contributed by atoms with Gasteiger partial charge in [0.2, 0.25) is 0 Å². The SMILES string of the molecule is O=C(NC1C2c3ccccc3C(c3ccccc32)[C@@H]1NC(=O)c1ccccc1P(c1ccccc1)c1ccccc1)c1ccccc1P(c1ccccc1)c1ccccc1. The van der Waals surface area contributed by atoms with Crippen molar-refractivity contribution in [2.24, 2.45) is 0 Å². The largest absolute Gasteiger partial charge is 0.346 e. The molecule has 0 aromatic heterocycles. The number of hydrogen-bond donors (Lipinski definition) is 2. The maximum atomic E-state index is 15.1. The molecule has 0 aliphatic heterocycles. The molecule has 2 amide bonds. The molecule has 8 aromatic rings. The summed E-state index contributed by atoms with van der Waals surface area (Å²) in [5.41, 5.74) is 6.06. The molecule has 2 N–H and O–H groups in total. The van der Waals surface area contributed by atoms with Crippen molar-refractivity contribution in [2.75, 3.05) is 0 Å². The molecule has 2 atom stereocenters. The Hall–Kier alpha value is -6.44. The second-order valence-electron chi connectivity index (χ2n) is 15.3. The van der Waals surface area contributed by atoms with Crippen LogP contribution in [0.3, 0.4) is 0 Å². The summed E-state index contributed by atoms with van der Waals surface area (Å²) < 4.78 is 0. The topological polar surface area (TPSA) is 58.2 Å². The molecule has 3 aliphatic rings. The molecule has 11 rings (SSSR count). The summed E-state index contributed by atoms with van der Waals surface area (Å²) in [6.45, 7) is 0. The molecule has 0 radical (unpaired) electrons. The molecule has 3 aliphatic carbocycles. The van der Waals surface area contributed by atoms with Crippen molar-refractivity contribution in [2.45, 2.75) is 23.9 Å². The van der Waals surface area contributed by atoms with Gasteiger partial charge in [-0.1, -0.05) is 206 Å². The minimum atomic E-state index is -1.05. The Labute approximate surface area is 353 Å². The molecule has 0 saturated carbocycles. The van der Waals surface area contributed by atoms with Crippen molar-refractivity contribution in [1.82, 2.24) is 10.6 Å². The fourth-order valence-electron chi connectivity index (χ4n) is 9.37. The second-order valence-corrected chi connectivity index (χ2v) is 19.6. The molecule has 0 fully saturated rings. The van der Waals surface area contributed by atoms with Gasteiger partial charge in [0.05, 0.1) is 12.1 Å². The molecule has 0 saturated heterocycles. The monoisotopic (exact) mass is 812 g/mol. The van der Waals surface area contributed by atoms with E-state index in [9.17, 15) is 0 Å². The number of benzene rings is 8. The molecule has 4 nitrogen and oxygen atoms in total. The first-order valence-electron chi connectivity index (χ1n) is 20.4. The number of amides is 2. The van der Waals surface area contributed by atoms with Crippen LogP contribution in [0.4, 0.5) is 0 Å². The Morgan fingerprint density at radius 2 is 0.567 bits per heavy atom. The molecule has 8 aromatic carbocycles. The zero-order chi connectivity index (χ0) is 40.4. The van der Waals surface area contributed by atoms with Gasteiger partial charge in [-0.25, -0.2) is 0 Å². The highest BCUT2D eigenvalue weighted by Crippen LogP contribution is 2.53. The van der Waals surface area contributed by atoms with E-state index >= 15 is 9.59 Å². The Kier molecular flexibility index (Phi) is 10.5. The van der Waals surface area contributed by atoms with Crippen molar-refractivity contribution < 1.29 is 9.59 Å². The lowest BCUT2D eigenvalue weighted by atomic mass is 9.59. The summed E-state index contributed by atoms with van der Waals surface area (Å²) in [6, 6.07) is 74.3. The summed E-state index contributed by atoms with van der Waals surface area (Å²) in [7, 11) is -2.09. The first kappa shape index (κ1) is 37.8. The Morgan fingerprint density at radius 3 is 0.867 bits per heavy atom. The van der Waals surface area contributed by atoms with Crippen molar-refractivity contribution in [3.05, 3.63) is 252 Å². The molecular weight excluding hydrogens is 771 g/mol. The predicted molar refractivity (Wildman–Crippen MR) is 249 cm³/mol. The van der Waals surface area contributed by atoms with E-state index in [0.29, 0.717) is 11.1 Å². The molecule has 0 heterocycles. The van der Waals surface area contributed by atoms with Crippen molar-refractivity contribution in [3.63, 3.8) is 0 Å². The minimum Gasteiger partial charge on any atom is -0.346 e. The van der Waals surface area contributed by atoms with Gasteiger partial charge in [-0.05, 0) is 82.1 Å². The summed E-state index contributed by atoms with van der Waals surface area (Å²) in [6.07, 6.45) is 0. The van der Waals surface area contributed by atoms with E-state index in [4.69, 9.17) is 0 Å². The number of hydrogen-bond acceptors (Lipinski definition) is 2. The molecule has 2 bridgehead atoms. The summed E-state index contributed by atoms with van der Waals surface area (Å²) in [4.78, 5) is 30.3. The first-order chi connectivity index (χ1) is 29.7. The van der Waals surface area contributed by atoms with Crippen LogP contribution in [0.2, 0.25) is 0 Å². The van der Waals surface area contributed by atoms with Crippen LogP contribution >= 0.6 is 15.8 Å². The fourth-order valence-corrected chi connectivity index (χ4v) is 14.3. The highest BCUT2D eigenvalue weighted by Gasteiger charge is 2.51. The van der Waals surface area contributed by atoms with Crippen LogP contribution in [0.5, 0.6) is 0 Å². The van der Waals surface area contributed by atoms with Crippen LogP contribution < -0.4 is 42.5 Å². The third-order valence-electron chi connectivity index (χ3n) is 11.9. The van der Waals surface area contributed by atoms with Gasteiger partial charge in [0, 0.05) is 23.0 Å². The average Bonchev–Trinajstić information content (AvgIpc) is 3.31. The highest BCUT2D eigenvalue weighted by molar-refractivity contribution is 7.80. The van der Waals surface area contributed by atoms with Gasteiger partial charge in [0.25, 0.3) is 11.8 Å². The quantitative estimate of drug-likeness (QED) is 0.137. The summed E-state index contributed by atoms with van der Waals surface area (Å²) in [5, 5.41) is 13.9. The maximum Gasteiger partial charge on any atom is 0.252 e. The van der Waals surface area contributed by atoms with Crippen LogP contribution in [-0.2, 0) is 0 Å². The fraction of sp³-hybridized carbons (Fsp3) is 0.0741. The lowest BCUT2D eigenvalue weighted by Gasteiger charge is -2.51. The number of carbonyl (C=O) groups is 2. The molecule has 290 valence electrons. The highest BCUT2D eigenvalue weighted by atomic mass is 31.1. The van der Waals surface area contributed by atoms with E-state index in [1.54, 1.807) is 0 Å². The van der Waals surface area contributed by atoms with Crippen molar-refractivity contribution in [1.29, 1.82) is 0 Å².